The van der Waals surface area contributed by atoms with Crippen LogP contribution in [0.2, 0.25) is 0 Å². The van der Waals surface area contributed by atoms with Crippen molar-refractivity contribution in [2.45, 2.75) is 19.4 Å². The van der Waals surface area contributed by atoms with E-state index in [1.165, 1.54) is 0 Å². The van der Waals surface area contributed by atoms with Crippen molar-refractivity contribution in [3.8, 4) is 0 Å². The minimum absolute atomic E-state index is 0.659. The molecule has 0 saturated heterocycles. The van der Waals surface area contributed by atoms with Gasteiger partial charge in [-0.05, 0) is 24.2 Å². The highest BCUT2D eigenvalue weighted by Gasteiger charge is 2.46. The number of likely N-dealkylation sites (N-methyl/N-ethyl adjacent to an activating group) is 1. The van der Waals surface area contributed by atoms with Gasteiger partial charge in [0.15, 0.2) is 5.54 Å². The van der Waals surface area contributed by atoms with Crippen molar-refractivity contribution < 1.29 is 9.90 Å². The molecule has 0 amide bonds. The summed E-state index contributed by atoms with van der Waals surface area (Å²) in [6.45, 7) is 5.30. The number of aliphatic carboxylic acids is 1. The van der Waals surface area contributed by atoms with Crippen LogP contribution in [0.25, 0.3) is 0 Å². The summed E-state index contributed by atoms with van der Waals surface area (Å²) < 4.78 is 0. The maximum absolute atomic E-state index is 12.3. The van der Waals surface area contributed by atoms with Crippen LogP contribution in [0.4, 0.5) is 0 Å². The van der Waals surface area contributed by atoms with Crippen molar-refractivity contribution >= 4 is 5.97 Å². The van der Waals surface area contributed by atoms with Gasteiger partial charge in [-0.2, -0.15) is 0 Å². The van der Waals surface area contributed by atoms with Crippen LogP contribution in [-0.4, -0.2) is 29.1 Å². The lowest BCUT2D eigenvalue weighted by Gasteiger charge is -2.40. The van der Waals surface area contributed by atoms with E-state index in [9.17, 15) is 9.90 Å². The van der Waals surface area contributed by atoms with Crippen LogP contribution in [0.3, 0.4) is 0 Å². The minimum Gasteiger partial charge on any atom is -0.479 e. The molecule has 0 bridgehead atoms. The number of hydrogen-bond donors (Lipinski definition) is 1. The van der Waals surface area contributed by atoms with Gasteiger partial charge in [0.05, 0.1) is 0 Å². The first kappa shape index (κ1) is 15.3. The van der Waals surface area contributed by atoms with Gasteiger partial charge in [-0.1, -0.05) is 74.5 Å². The first-order chi connectivity index (χ1) is 10.2. The van der Waals surface area contributed by atoms with Gasteiger partial charge < -0.3 is 5.11 Å². The molecule has 0 fully saturated rings. The van der Waals surface area contributed by atoms with Crippen molar-refractivity contribution in [2.75, 3.05) is 13.1 Å². The molecule has 0 spiro atoms. The molecule has 0 atom stereocenters. The molecule has 3 nitrogen and oxygen atoms in total. The van der Waals surface area contributed by atoms with Gasteiger partial charge >= 0.3 is 5.97 Å². The topological polar surface area (TPSA) is 40.5 Å². The second-order valence-electron chi connectivity index (χ2n) is 4.92. The molecule has 110 valence electrons. The van der Waals surface area contributed by atoms with Gasteiger partial charge in [-0.25, -0.2) is 4.79 Å². The highest BCUT2D eigenvalue weighted by molar-refractivity contribution is 5.85. The SMILES string of the molecule is CCN(CC)C(C(=O)O)(c1ccccc1)c1ccccc1. The standard InChI is InChI=1S/C18H21NO2/c1-3-19(4-2)18(17(20)21,15-11-7-5-8-12-15)16-13-9-6-10-14-16/h5-14H,3-4H2,1-2H3,(H,20,21). The average Bonchev–Trinajstić information content (AvgIpc) is 2.53. The molecule has 0 aliphatic carbocycles. The molecule has 2 aromatic rings. The second-order valence-corrected chi connectivity index (χ2v) is 4.92. The van der Waals surface area contributed by atoms with E-state index in [4.69, 9.17) is 0 Å². The summed E-state index contributed by atoms with van der Waals surface area (Å²) in [5, 5.41) is 10.1. The van der Waals surface area contributed by atoms with Gasteiger partial charge in [0.25, 0.3) is 0 Å². The van der Waals surface area contributed by atoms with E-state index in [0.717, 1.165) is 11.1 Å². The zero-order chi connectivity index (χ0) is 15.3. The van der Waals surface area contributed by atoms with Crippen LogP contribution in [0.1, 0.15) is 25.0 Å². The minimum atomic E-state index is -1.15. The fraction of sp³-hybridized carbons (Fsp3) is 0.278. The Balaban J connectivity index is 2.75. The summed E-state index contributed by atoms with van der Waals surface area (Å²) in [5.41, 5.74) is 0.422. The predicted molar refractivity (Wildman–Crippen MR) is 84.2 cm³/mol. The maximum atomic E-state index is 12.3. The van der Waals surface area contributed by atoms with Crippen LogP contribution < -0.4 is 0 Å². The molecule has 0 aliphatic rings. The summed E-state index contributed by atoms with van der Waals surface area (Å²) in [5.74, 6) is -0.844. The van der Waals surface area contributed by atoms with Crippen LogP contribution in [-0.2, 0) is 10.3 Å². The van der Waals surface area contributed by atoms with E-state index in [0.29, 0.717) is 13.1 Å². The highest BCUT2D eigenvalue weighted by Crippen LogP contribution is 2.36. The third kappa shape index (κ3) is 2.57. The number of carbonyl (C=O) groups is 1. The van der Waals surface area contributed by atoms with E-state index in [-0.39, 0.29) is 0 Å². The summed E-state index contributed by atoms with van der Waals surface area (Å²) in [7, 11) is 0. The monoisotopic (exact) mass is 283 g/mol. The first-order valence-corrected chi connectivity index (χ1v) is 7.27. The van der Waals surface area contributed by atoms with Crippen LogP contribution in [0.15, 0.2) is 60.7 Å². The van der Waals surface area contributed by atoms with E-state index in [2.05, 4.69) is 0 Å². The fourth-order valence-electron chi connectivity index (χ4n) is 2.97. The quantitative estimate of drug-likeness (QED) is 0.883. The van der Waals surface area contributed by atoms with E-state index in [1.54, 1.807) is 0 Å². The number of carboxylic acids is 1. The lowest BCUT2D eigenvalue weighted by molar-refractivity contribution is -0.149. The van der Waals surface area contributed by atoms with Crippen molar-refractivity contribution in [3.63, 3.8) is 0 Å². The van der Waals surface area contributed by atoms with Crippen molar-refractivity contribution in [3.05, 3.63) is 71.8 Å². The maximum Gasteiger partial charge on any atom is 0.333 e. The lowest BCUT2D eigenvalue weighted by Crippen LogP contribution is -2.52. The third-order valence-electron chi connectivity index (χ3n) is 3.93. The Hall–Kier alpha value is -2.13. The van der Waals surface area contributed by atoms with E-state index < -0.39 is 11.5 Å². The predicted octanol–water partition coefficient (Wildman–Crippen LogP) is 3.36. The van der Waals surface area contributed by atoms with Crippen molar-refractivity contribution in [1.82, 2.24) is 4.90 Å². The molecule has 1 N–H and O–H groups in total. The molecular weight excluding hydrogens is 262 g/mol. The summed E-state index contributed by atoms with van der Waals surface area (Å²) in [6.07, 6.45) is 0. The van der Waals surface area contributed by atoms with Crippen LogP contribution >= 0.6 is 0 Å². The number of carboxylic acid groups (broad SMARTS) is 1. The van der Waals surface area contributed by atoms with Gasteiger partial charge in [0, 0.05) is 0 Å². The molecule has 3 heteroatoms. The number of nitrogens with zero attached hydrogens (tertiary/aromatic N) is 1. The number of rotatable bonds is 6. The molecule has 2 aromatic carbocycles. The summed E-state index contributed by atoms with van der Waals surface area (Å²) >= 11 is 0. The Labute approximate surface area is 125 Å². The van der Waals surface area contributed by atoms with Gasteiger partial charge in [0.1, 0.15) is 0 Å². The Kier molecular flexibility index (Phi) is 4.76. The fourth-order valence-corrected chi connectivity index (χ4v) is 2.97. The average molecular weight is 283 g/mol. The zero-order valence-electron chi connectivity index (χ0n) is 12.5. The van der Waals surface area contributed by atoms with Gasteiger partial charge in [0.2, 0.25) is 0 Å². The summed E-state index contributed by atoms with van der Waals surface area (Å²) in [6, 6.07) is 18.9. The van der Waals surface area contributed by atoms with Crippen molar-refractivity contribution in [2.24, 2.45) is 0 Å². The normalized spacial score (nSPS) is 11.6. The Morgan fingerprint density at radius 3 is 1.57 bits per heavy atom. The largest absolute Gasteiger partial charge is 0.479 e. The lowest BCUT2D eigenvalue weighted by atomic mass is 9.81. The second kappa shape index (κ2) is 6.55. The van der Waals surface area contributed by atoms with Crippen molar-refractivity contribution in [1.29, 1.82) is 0 Å². The Bertz CT molecular complexity index is 537. The van der Waals surface area contributed by atoms with Crippen LogP contribution in [0.5, 0.6) is 0 Å². The number of benzene rings is 2. The summed E-state index contributed by atoms with van der Waals surface area (Å²) in [4.78, 5) is 14.3. The smallest absolute Gasteiger partial charge is 0.333 e. The molecule has 0 heterocycles. The van der Waals surface area contributed by atoms with Gasteiger partial charge in [-0.15, -0.1) is 0 Å². The molecule has 2 rings (SSSR count). The Morgan fingerprint density at radius 1 is 0.905 bits per heavy atom. The molecule has 0 aliphatic heterocycles. The molecule has 0 saturated carbocycles. The first-order valence-electron chi connectivity index (χ1n) is 7.27. The molecule has 0 unspecified atom stereocenters. The Morgan fingerprint density at radius 2 is 1.29 bits per heavy atom. The third-order valence-corrected chi connectivity index (χ3v) is 3.93. The number of hydrogen-bond acceptors (Lipinski definition) is 2. The van der Waals surface area contributed by atoms with E-state index >= 15 is 0 Å². The van der Waals surface area contributed by atoms with E-state index in [1.807, 2.05) is 79.4 Å². The molecular formula is C18H21NO2. The molecule has 0 aromatic heterocycles. The molecule has 21 heavy (non-hydrogen) atoms. The zero-order valence-corrected chi connectivity index (χ0v) is 12.5. The molecule has 0 radical (unpaired) electrons. The highest BCUT2D eigenvalue weighted by atomic mass is 16.4. The van der Waals surface area contributed by atoms with Gasteiger partial charge in [-0.3, -0.25) is 4.90 Å². The van der Waals surface area contributed by atoms with Crippen LogP contribution in [0, 0.1) is 0 Å².